The zero-order valence-corrected chi connectivity index (χ0v) is 24.9. The van der Waals surface area contributed by atoms with Crippen molar-refractivity contribution in [3.63, 3.8) is 0 Å². The summed E-state index contributed by atoms with van der Waals surface area (Å²) in [5.74, 6) is 1.11. The Morgan fingerprint density at radius 1 is 0.825 bits per heavy atom. The lowest BCUT2D eigenvalue weighted by Crippen LogP contribution is -2.06. The van der Waals surface area contributed by atoms with Crippen molar-refractivity contribution in [1.29, 1.82) is 0 Å². The summed E-state index contributed by atoms with van der Waals surface area (Å²) in [6, 6.07) is 26.4. The van der Waals surface area contributed by atoms with E-state index in [2.05, 4.69) is 93.0 Å². The van der Waals surface area contributed by atoms with Crippen molar-refractivity contribution in [3.8, 4) is 0 Å². The topological polar surface area (TPSA) is 38.4 Å². The Morgan fingerprint density at radius 2 is 1.30 bits per heavy atom. The zero-order valence-electron chi connectivity index (χ0n) is 24.9. The zero-order chi connectivity index (χ0) is 30.1. The van der Waals surface area contributed by atoms with Crippen LogP contribution in [0.5, 0.6) is 0 Å². The van der Waals surface area contributed by atoms with Gasteiger partial charge >= 0.3 is 6.18 Å². The molecule has 2 nitrogen and oxygen atoms in total. The van der Waals surface area contributed by atoms with Gasteiger partial charge in [-0.2, -0.15) is 13.2 Å². The standard InChI is InChI=1S/C14H14.C12H22N2.C9H9F3/c1-12(13-8-4-2-5-9-13)14-10-6-3-7-11-14;1-6-8-11(9(3)4)12(7-2)14-10(5)13;1-2-7-3-5-8(6-4-7)9(10,11)12/h2-12H,1H3;3,6-8H2,1-2,4-5H3,(H2,13,14);3-6H,2H2,1H3/b;12-11-;. The van der Waals surface area contributed by atoms with Crippen molar-refractivity contribution in [3.05, 3.63) is 131 Å². The summed E-state index contributed by atoms with van der Waals surface area (Å²) in [7, 11) is 0. The SMILES string of the molecule is C=C(C)/C(CCC)=C(/CC)N=C(C)N.CC(c1ccccc1)c1ccccc1.CCc1ccc(C(F)(F)F)cc1. The van der Waals surface area contributed by atoms with Crippen LogP contribution in [-0.2, 0) is 12.6 Å². The first-order valence-electron chi connectivity index (χ1n) is 13.9. The third-order valence-electron chi connectivity index (χ3n) is 6.30. The minimum absolute atomic E-state index is 0.484. The normalized spacial score (nSPS) is 12.0. The molecule has 3 aromatic rings. The van der Waals surface area contributed by atoms with Crippen LogP contribution in [0.15, 0.2) is 113 Å². The number of benzene rings is 3. The highest BCUT2D eigenvalue weighted by molar-refractivity contribution is 5.78. The van der Waals surface area contributed by atoms with E-state index in [9.17, 15) is 13.2 Å². The van der Waals surface area contributed by atoms with Gasteiger partial charge in [0.05, 0.1) is 11.4 Å². The summed E-state index contributed by atoms with van der Waals surface area (Å²) in [6.45, 7) is 16.2. The van der Waals surface area contributed by atoms with E-state index in [1.807, 2.05) is 20.8 Å². The van der Waals surface area contributed by atoms with E-state index < -0.39 is 11.7 Å². The molecule has 0 radical (unpaired) electrons. The number of nitrogens with zero attached hydrogens (tertiary/aromatic N) is 1. The lowest BCUT2D eigenvalue weighted by molar-refractivity contribution is -0.137. The molecule has 0 heterocycles. The molecule has 5 heteroatoms. The van der Waals surface area contributed by atoms with Gasteiger partial charge in [0.25, 0.3) is 0 Å². The van der Waals surface area contributed by atoms with E-state index in [0.29, 0.717) is 11.8 Å². The predicted molar refractivity (Wildman–Crippen MR) is 166 cm³/mol. The van der Waals surface area contributed by atoms with Gasteiger partial charge in [-0.05, 0) is 67.5 Å². The van der Waals surface area contributed by atoms with Crippen LogP contribution in [0.4, 0.5) is 13.2 Å². The van der Waals surface area contributed by atoms with Gasteiger partial charge in [-0.15, -0.1) is 0 Å². The van der Waals surface area contributed by atoms with Crippen LogP contribution in [0.25, 0.3) is 0 Å². The molecule has 0 spiro atoms. The number of rotatable bonds is 8. The van der Waals surface area contributed by atoms with Crippen molar-refractivity contribution in [2.24, 2.45) is 10.7 Å². The minimum atomic E-state index is -4.22. The van der Waals surface area contributed by atoms with Crippen LogP contribution < -0.4 is 5.73 Å². The molecule has 216 valence electrons. The summed E-state index contributed by atoms with van der Waals surface area (Å²) in [5.41, 5.74) is 12.1. The molecule has 0 saturated heterocycles. The van der Waals surface area contributed by atoms with Gasteiger partial charge in [-0.3, -0.25) is 0 Å². The molecule has 0 fully saturated rings. The molecule has 0 unspecified atom stereocenters. The highest BCUT2D eigenvalue weighted by Crippen LogP contribution is 2.29. The summed E-state index contributed by atoms with van der Waals surface area (Å²) in [5, 5.41) is 0. The van der Waals surface area contributed by atoms with E-state index >= 15 is 0 Å². The molecule has 0 aliphatic carbocycles. The number of alkyl halides is 3. The maximum atomic E-state index is 12.0. The van der Waals surface area contributed by atoms with Crippen molar-refractivity contribution in [2.75, 3.05) is 0 Å². The Labute approximate surface area is 239 Å². The van der Waals surface area contributed by atoms with Crippen LogP contribution in [0.3, 0.4) is 0 Å². The molecule has 0 atom stereocenters. The second-order valence-corrected chi connectivity index (χ2v) is 9.65. The van der Waals surface area contributed by atoms with E-state index in [4.69, 9.17) is 5.73 Å². The average Bonchev–Trinajstić information content (AvgIpc) is 2.95. The summed E-state index contributed by atoms with van der Waals surface area (Å²) < 4.78 is 36.1. The lowest BCUT2D eigenvalue weighted by Gasteiger charge is -2.11. The Kier molecular flexibility index (Phi) is 15.4. The van der Waals surface area contributed by atoms with E-state index in [1.165, 1.54) is 28.8 Å². The first-order valence-corrected chi connectivity index (χ1v) is 13.9. The quantitative estimate of drug-likeness (QED) is 0.169. The molecule has 0 aromatic heterocycles. The number of hydrogen-bond acceptors (Lipinski definition) is 1. The molecule has 0 amide bonds. The molecule has 3 aromatic carbocycles. The number of halogens is 3. The monoisotopic (exact) mass is 550 g/mol. The molecular formula is C35H45F3N2. The van der Waals surface area contributed by atoms with E-state index in [0.717, 1.165) is 54.6 Å². The molecular weight excluding hydrogens is 505 g/mol. The van der Waals surface area contributed by atoms with Gasteiger partial charge in [0, 0.05) is 11.6 Å². The summed E-state index contributed by atoms with van der Waals surface area (Å²) >= 11 is 0. The van der Waals surface area contributed by atoms with Gasteiger partial charge in [0.2, 0.25) is 0 Å². The maximum Gasteiger partial charge on any atom is 0.416 e. The van der Waals surface area contributed by atoms with Gasteiger partial charge in [-0.1, -0.05) is 119 Å². The fraction of sp³-hybridized carbons (Fsp3) is 0.343. The number of aryl methyl sites for hydroxylation is 1. The Morgan fingerprint density at radius 3 is 1.62 bits per heavy atom. The smallest absolute Gasteiger partial charge is 0.387 e. The van der Waals surface area contributed by atoms with Crippen molar-refractivity contribution < 1.29 is 13.2 Å². The predicted octanol–water partition coefficient (Wildman–Crippen LogP) is 10.5. The molecule has 2 N–H and O–H groups in total. The van der Waals surface area contributed by atoms with Crippen LogP contribution in [0.1, 0.15) is 89.0 Å². The Bertz CT molecular complexity index is 1150. The summed E-state index contributed by atoms with van der Waals surface area (Å²) in [6.07, 6.45) is -0.388. The molecule has 0 aliphatic rings. The fourth-order valence-electron chi connectivity index (χ4n) is 4.03. The lowest BCUT2D eigenvalue weighted by atomic mass is 9.93. The Hall–Kier alpha value is -3.60. The molecule has 0 aliphatic heterocycles. The number of nitrogens with two attached hydrogens (primary N) is 1. The number of allylic oxidation sites excluding steroid dienone is 3. The number of hydrogen-bond donors (Lipinski definition) is 1. The highest BCUT2D eigenvalue weighted by atomic mass is 19.4. The highest BCUT2D eigenvalue weighted by Gasteiger charge is 2.29. The van der Waals surface area contributed by atoms with Gasteiger partial charge in [-0.25, -0.2) is 4.99 Å². The molecule has 3 rings (SSSR count). The van der Waals surface area contributed by atoms with Gasteiger partial charge < -0.3 is 5.73 Å². The van der Waals surface area contributed by atoms with Crippen molar-refractivity contribution >= 4 is 5.84 Å². The van der Waals surface area contributed by atoms with Crippen molar-refractivity contribution in [1.82, 2.24) is 0 Å². The van der Waals surface area contributed by atoms with E-state index in [-0.39, 0.29) is 0 Å². The molecule has 0 bridgehead atoms. The third kappa shape index (κ3) is 12.5. The number of amidine groups is 1. The minimum Gasteiger partial charge on any atom is -0.387 e. The summed E-state index contributed by atoms with van der Waals surface area (Å²) in [4.78, 5) is 4.35. The Balaban J connectivity index is 0.000000301. The second-order valence-electron chi connectivity index (χ2n) is 9.65. The van der Waals surface area contributed by atoms with Crippen LogP contribution in [-0.4, -0.2) is 5.84 Å². The second kappa shape index (κ2) is 17.9. The largest absolute Gasteiger partial charge is 0.416 e. The van der Waals surface area contributed by atoms with Gasteiger partial charge in [0.15, 0.2) is 0 Å². The maximum absolute atomic E-state index is 12.0. The molecule has 40 heavy (non-hydrogen) atoms. The van der Waals surface area contributed by atoms with Crippen molar-refractivity contribution in [2.45, 2.75) is 79.3 Å². The first-order chi connectivity index (χ1) is 18.9. The fourth-order valence-corrected chi connectivity index (χ4v) is 4.03. The first kappa shape index (κ1) is 34.4. The number of aliphatic imine (C=N–C) groups is 1. The van der Waals surface area contributed by atoms with Gasteiger partial charge in [0.1, 0.15) is 0 Å². The van der Waals surface area contributed by atoms with Crippen LogP contribution in [0.2, 0.25) is 0 Å². The van der Waals surface area contributed by atoms with E-state index in [1.54, 1.807) is 0 Å². The van der Waals surface area contributed by atoms with Crippen LogP contribution >= 0.6 is 0 Å². The van der Waals surface area contributed by atoms with Crippen LogP contribution in [0, 0.1) is 0 Å². The molecule has 0 saturated carbocycles. The average molecular weight is 551 g/mol. The third-order valence-corrected chi connectivity index (χ3v) is 6.30.